The maximum absolute atomic E-state index is 3.14. The van der Waals surface area contributed by atoms with Gasteiger partial charge in [0.05, 0.1) is 0 Å². The molecule has 0 aliphatic heterocycles. The van der Waals surface area contributed by atoms with Crippen LogP contribution in [0.5, 0.6) is 0 Å². The van der Waals surface area contributed by atoms with Crippen LogP contribution >= 0.6 is 0 Å². The summed E-state index contributed by atoms with van der Waals surface area (Å²) in [5.74, 6) is 6.23. The number of rotatable bonds is 0. The van der Waals surface area contributed by atoms with Crippen LogP contribution in [0.25, 0.3) is 6.08 Å². The summed E-state index contributed by atoms with van der Waals surface area (Å²) < 4.78 is 0. The molecule has 1 aliphatic carbocycles. The molecule has 0 amide bonds. The summed E-state index contributed by atoms with van der Waals surface area (Å²) >= 11 is 0. The Labute approximate surface area is 72.9 Å². The van der Waals surface area contributed by atoms with Crippen molar-refractivity contribution in [1.29, 1.82) is 0 Å². The summed E-state index contributed by atoms with van der Waals surface area (Å²) in [6.45, 7) is 2.10. The summed E-state index contributed by atoms with van der Waals surface area (Å²) in [4.78, 5) is 0. The lowest BCUT2D eigenvalue weighted by atomic mass is 10.1. The summed E-state index contributed by atoms with van der Waals surface area (Å²) in [5.41, 5.74) is 3.69. The lowest BCUT2D eigenvalue weighted by Gasteiger charge is -1.98. The van der Waals surface area contributed by atoms with Gasteiger partial charge in [-0.15, -0.1) is 0 Å². The normalized spacial score (nSPS) is 12.8. The van der Waals surface area contributed by atoms with Crippen molar-refractivity contribution in [2.75, 3.05) is 0 Å². The molecule has 0 atom stereocenters. The van der Waals surface area contributed by atoms with Gasteiger partial charge in [-0.25, -0.2) is 0 Å². The number of allylic oxidation sites excluding steroid dienone is 1. The molecule has 58 valence electrons. The van der Waals surface area contributed by atoms with Crippen LogP contribution in [0.4, 0.5) is 0 Å². The second-order valence-corrected chi connectivity index (χ2v) is 3.00. The first kappa shape index (κ1) is 7.18. The van der Waals surface area contributed by atoms with Crippen LogP contribution in [0.1, 0.15) is 23.1 Å². The van der Waals surface area contributed by atoms with E-state index in [1.807, 2.05) is 0 Å². The lowest BCUT2D eigenvalue weighted by Crippen LogP contribution is -1.82. The fraction of sp³-hybridized carbons (Fsp3) is 0.167. The molecule has 1 aromatic carbocycles. The summed E-state index contributed by atoms with van der Waals surface area (Å²) in [6.07, 6.45) is 5.11. The standard InChI is InChI=1S/C12H10/c1-10-7-8-11-5-3-2-4-6-12(11)9-10/h4,6-9H,2H2,1H3. The van der Waals surface area contributed by atoms with E-state index >= 15 is 0 Å². The van der Waals surface area contributed by atoms with Crippen molar-refractivity contribution < 1.29 is 0 Å². The topological polar surface area (TPSA) is 0 Å². The highest BCUT2D eigenvalue weighted by atomic mass is 14.0. The maximum Gasteiger partial charge on any atom is 0.0317 e. The Morgan fingerprint density at radius 3 is 3.17 bits per heavy atom. The first-order valence-corrected chi connectivity index (χ1v) is 4.12. The minimum atomic E-state index is 0.869. The van der Waals surface area contributed by atoms with E-state index in [1.165, 1.54) is 11.1 Å². The van der Waals surface area contributed by atoms with Gasteiger partial charge in [0.2, 0.25) is 0 Å². The molecule has 12 heavy (non-hydrogen) atoms. The van der Waals surface area contributed by atoms with Crippen molar-refractivity contribution in [2.45, 2.75) is 13.3 Å². The van der Waals surface area contributed by atoms with Crippen LogP contribution in [-0.2, 0) is 0 Å². The second-order valence-electron chi connectivity index (χ2n) is 3.00. The first-order chi connectivity index (χ1) is 5.86. The maximum atomic E-state index is 3.14. The van der Waals surface area contributed by atoms with Gasteiger partial charge in [0.25, 0.3) is 0 Å². The predicted molar refractivity (Wildman–Crippen MR) is 51.7 cm³/mol. The van der Waals surface area contributed by atoms with Crippen molar-refractivity contribution in [3.8, 4) is 11.8 Å². The van der Waals surface area contributed by atoms with Gasteiger partial charge in [-0.2, -0.15) is 0 Å². The molecule has 0 saturated carbocycles. The summed E-state index contributed by atoms with van der Waals surface area (Å²) in [6, 6.07) is 6.37. The van der Waals surface area contributed by atoms with Gasteiger partial charge in [-0.1, -0.05) is 41.7 Å². The van der Waals surface area contributed by atoms with Gasteiger partial charge in [0, 0.05) is 12.0 Å². The van der Waals surface area contributed by atoms with Crippen LogP contribution in [0.15, 0.2) is 24.3 Å². The van der Waals surface area contributed by atoms with E-state index in [0.717, 1.165) is 12.0 Å². The number of benzene rings is 1. The van der Waals surface area contributed by atoms with E-state index in [1.54, 1.807) is 0 Å². The molecule has 0 nitrogen and oxygen atoms in total. The molecule has 0 heterocycles. The lowest BCUT2D eigenvalue weighted by molar-refractivity contribution is 1.44. The van der Waals surface area contributed by atoms with E-state index < -0.39 is 0 Å². The Kier molecular flexibility index (Phi) is 1.72. The van der Waals surface area contributed by atoms with E-state index in [-0.39, 0.29) is 0 Å². The minimum Gasteiger partial charge on any atom is -0.0937 e. The third-order valence-corrected chi connectivity index (χ3v) is 1.95. The average Bonchev–Trinajstić information content (AvgIpc) is 2.28. The van der Waals surface area contributed by atoms with Crippen molar-refractivity contribution in [3.63, 3.8) is 0 Å². The molecule has 0 radical (unpaired) electrons. The fourth-order valence-corrected chi connectivity index (χ4v) is 1.32. The predicted octanol–water partition coefficient (Wildman–Crippen LogP) is 2.76. The SMILES string of the molecule is Cc1ccc2c(c1)C=CCC#C2. The molecule has 0 N–H and O–H groups in total. The van der Waals surface area contributed by atoms with Crippen molar-refractivity contribution >= 4 is 6.08 Å². The highest BCUT2D eigenvalue weighted by Crippen LogP contribution is 2.14. The number of hydrogen-bond acceptors (Lipinski definition) is 0. The molecular weight excluding hydrogens is 144 g/mol. The number of fused-ring (bicyclic) bond motifs is 1. The molecule has 0 unspecified atom stereocenters. The average molecular weight is 154 g/mol. The quantitative estimate of drug-likeness (QED) is 0.504. The van der Waals surface area contributed by atoms with E-state index in [2.05, 4.69) is 49.1 Å². The monoisotopic (exact) mass is 154 g/mol. The zero-order valence-corrected chi connectivity index (χ0v) is 7.09. The zero-order valence-electron chi connectivity index (χ0n) is 7.09. The Morgan fingerprint density at radius 1 is 1.33 bits per heavy atom. The van der Waals surface area contributed by atoms with Crippen LogP contribution in [-0.4, -0.2) is 0 Å². The van der Waals surface area contributed by atoms with Crippen LogP contribution in [0.3, 0.4) is 0 Å². The van der Waals surface area contributed by atoms with Crippen LogP contribution in [0, 0.1) is 18.8 Å². The highest BCUT2D eigenvalue weighted by molar-refractivity contribution is 5.61. The molecular formula is C12H10. The molecule has 0 fully saturated rings. The molecule has 1 aromatic rings. The molecule has 2 rings (SSSR count). The van der Waals surface area contributed by atoms with Gasteiger partial charge in [-0.3, -0.25) is 0 Å². The van der Waals surface area contributed by atoms with E-state index in [0.29, 0.717) is 0 Å². The largest absolute Gasteiger partial charge is 0.0937 e. The smallest absolute Gasteiger partial charge is 0.0317 e. The number of aryl methyl sites for hydroxylation is 1. The van der Waals surface area contributed by atoms with Gasteiger partial charge in [0.1, 0.15) is 0 Å². The highest BCUT2D eigenvalue weighted by Gasteiger charge is 1.97. The van der Waals surface area contributed by atoms with Crippen molar-refractivity contribution in [1.82, 2.24) is 0 Å². The summed E-state index contributed by atoms with van der Waals surface area (Å²) in [5, 5.41) is 0. The third-order valence-electron chi connectivity index (χ3n) is 1.95. The van der Waals surface area contributed by atoms with Gasteiger partial charge in [-0.05, 0) is 18.6 Å². The first-order valence-electron chi connectivity index (χ1n) is 4.12. The van der Waals surface area contributed by atoms with Gasteiger partial charge < -0.3 is 0 Å². The zero-order chi connectivity index (χ0) is 8.39. The van der Waals surface area contributed by atoms with Crippen molar-refractivity contribution in [2.24, 2.45) is 0 Å². The third kappa shape index (κ3) is 1.26. The Morgan fingerprint density at radius 2 is 2.25 bits per heavy atom. The van der Waals surface area contributed by atoms with E-state index in [9.17, 15) is 0 Å². The minimum absolute atomic E-state index is 0.869. The van der Waals surface area contributed by atoms with Crippen molar-refractivity contribution in [3.05, 3.63) is 41.0 Å². The Balaban J connectivity index is 2.62. The van der Waals surface area contributed by atoms with Crippen LogP contribution in [0.2, 0.25) is 0 Å². The summed E-state index contributed by atoms with van der Waals surface area (Å²) in [7, 11) is 0. The fourth-order valence-electron chi connectivity index (χ4n) is 1.32. The van der Waals surface area contributed by atoms with Crippen LogP contribution < -0.4 is 0 Å². The molecule has 0 spiro atoms. The van der Waals surface area contributed by atoms with Gasteiger partial charge in [0.15, 0.2) is 0 Å². The van der Waals surface area contributed by atoms with E-state index in [4.69, 9.17) is 0 Å². The Hall–Kier alpha value is -1.48. The molecule has 0 heteroatoms. The van der Waals surface area contributed by atoms with Gasteiger partial charge >= 0.3 is 0 Å². The molecule has 1 aliphatic rings. The second kappa shape index (κ2) is 2.87. The molecule has 0 bridgehead atoms. The molecule has 0 aromatic heterocycles. The Bertz CT molecular complexity index is 386. The number of hydrogen-bond donors (Lipinski definition) is 0. The molecule has 0 saturated heterocycles.